The van der Waals surface area contributed by atoms with Crippen molar-refractivity contribution in [1.29, 1.82) is 0 Å². The highest BCUT2D eigenvalue weighted by molar-refractivity contribution is 7.91. The van der Waals surface area contributed by atoms with Gasteiger partial charge in [0.1, 0.15) is 5.75 Å². The van der Waals surface area contributed by atoms with Crippen molar-refractivity contribution in [1.82, 2.24) is 10.6 Å². The van der Waals surface area contributed by atoms with Crippen LogP contribution in [0.5, 0.6) is 5.75 Å². The molecule has 0 aliphatic carbocycles. The number of para-hydroxylation sites is 1. The first kappa shape index (κ1) is 22.4. The number of methoxy groups -OCH3 is 1. The van der Waals surface area contributed by atoms with Crippen LogP contribution < -0.4 is 15.4 Å². The summed E-state index contributed by atoms with van der Waals surface area (Å²) in [5.41, 5.74) is 1.41. The second kappa shape index (κ2) is 9.22. The minimum absolute atomic E-state index is 0.0154. The van der Waals surface area contributed by atoms with Crippen molar-refractivity contribution in [2.45, 2.75) is 24.8 Å². The summed E-state index contributed by atoms with van der Waals surface area (Å²) in [4.78, 5) is 25.4. The molecule has 164 valence electrons. The number of hydrogen-bond donors (Lipinski definition) is 2. The minimum atomic E-state index is -3.84. The molecule has 0 saturated heterocycles. The van der Waals surface area contributed by atoms with E-state index >= 15 is 0 Å². The molecule has 3 rings (SSSR count). The van der Waals surface area contributed by atoms with Gasteiger partial charge in [0, 0.05) is 11.3 Å². The van der Waals surface area contributed by atoms with Crippen LogP contribution in [-0.4, -0.2) is 39.9 Å². The summed E-state index contributed by atoms with van der Waals surface area (Å²) in [5, 5.41) is 5.17. The van der Waals surface area contributed by atoms with E-state index in [4.69, 9.17) is 9.47 Å². The Labute approximate surface area is 181 Å². The molecule has 1 aliphatic heterocycles. The lowest BCUT2D eigenvalue weighted by molar-refractivity contribution is -0.139. The first-order valence-electron chi connectivity index (χ1n) is 9.66. The standard InChI is InChI=1S/C22H24N2O6S/c1-4-30-21(25)19-17(13-31(27,28)15-11-9-14(2)10-12-15)23-22(26)24-20(19)16-7-5-6-8-18(16)29-3/h5-12,20H,4,13H2,1-3H3,(H2,23,24,26)/t20-/m0/s1. The highest BCUT2D eigenvalue weighted by Gasteiger charge is 2.36. The predicted octanol–water partition coefficient (Wildman–Crippen LogP) is 2.65. The number of rotatable bonds is 7. The maximum atomic E-state index is 13.0. The lowest BCUT2D eigenvalue weighted by atomic mass is 9.95. The van der Waals surface area contributed by atoms with E-state index in [-0.39, 0.29) is 22.8 Å². The molecule has 0 bridgehead atoms. The highest BCUT2D eigenvalue weighted by Crippen LogP contribution is 2.34. The van der Waals surface area contributed by atoms with Crippen molar-refractivity contribution in [3.8, 4) is 5.75 Å². The molecule has 9 heteroatoms. The van der Waals surface area contributed by atoms with Crippen molar-refractivity contribution in [3.63, 3.8) is 0 Å². The lowest BCUT2D eigenvalue weighted by Gasteiger charge is -2.30. The number of sulfone groups is 1. The van der Waals surface area contributed by atoms with Crippen LogP contribution in [0.25, 0.3) is 0 Å². The van der Waals surface area contributed by atoms with E-state index in [1.807, 2.05) is 6.92 Å². The Kier molecular flexibility index (Phi) is 6.65. The quantitative estimate of drug-likeness (QED) is 0.635. The van der Waals surface area contributed by atoms with Gasteiger partial charge in [-0.05, 0) is 32.0 Å². The van der Waals surface area contributed by atoms with Gasteiger partial charge in [0.2, 0.25) is 0 Å². The average molecular weight is 445 g/mol. The maximum absolute atomic E-state index is 13.0. The Bertz CT molecular complexity index is 1120. The molecular formula is C22H24N2O6S. The first-order valence-corrected chi connectivity index (χ1v) is 11.3. The third-order valence-corrected chi connectivity index (χ3v) is 6.47. The summed E-state index contributed by atoms with van der Waals surface area (Å²) in [6, 6.07) is 11.7. The Morgan fingerprint density at radius 1 is 1.10 bits per heavy atom. The molecular weight excluding hydrogens is 420 g/mol. The monoisotopic (exact) mass is 444 g/mol. The number of carbonyl (C=O) groups excluding carboxylic acids is 2. The smallest absolute Gasteiger partial charge is 0.338 e. The molecule has 0 spiro atoms. The van der Waals surface area contributed by atoms with Crippen molar-refractivity contribution < 1.29 is 27.5 Å². The molecule has 2 aromatic carbocycles. The van der Waals surface area contributed by atoms with E-state index in [9.17, 15) is 18.0 Å². The molecule has 0 fully saturated rings. The van der Waals surface area contributed by atoms with Gasteiger partial charge in [0.05, 0.1) is 36.0 Å². The SMILES string of the molecule is CCOC(=O)C1=C(CS(=O)(=O)c2ccc(C)cc2)NC(=O)N[C@H]1c1ccccc1OC. The van der Waals surface area contributed by atoms with Gasteiger partial charge in [-0.1, -0.05) is 35.9 Å². The molecule has 2 aromatic rings. The van der Waals surface area contributed by atoms with Crippen LogP contribution in [0, 0.1) is 6.92 Å². The third kappa shape index (κ3) is 4.88. The fourth-order valence-electron chi connectivity index (χ4n) is 3.34. The van der Waals surface area contributed by atoms with Crippen molar-refractivity contribution >= 4 is 21.8 Å². The predicted molar refractivity (Wildman–Crippen MR) is 114 cm³/mol. The molecule has 0 saturated carbocycles. The fraction of sp³-hybridized carbons (Fsp3) is 0.273. The summed E-state index contributed by atoms with van der Waals surface area (Å²) >= 11 is 0. The van der Waals surface area contributed by atoms with Crippen LogP contribution in [0.2, 0.25) is 0 Å². The average Bonchev–Trinajstić information content (AvgIpc) is 2.73. The van der Waals surface area contributed by atoms with Gasteiger partial charge in [-0.3, -0.25) is 0 Å². The zero-order chi connectivity index (χ0) is 22.6. The van der Waals surface area contributed by atoms with Gasteiger partial charge < -0.3 is 20.1 Å². The van der Waals surface area contributed by atoms with Crippen LogP contribution in [0.3, 0.4) is 0 Å². The summed E-state index contributed by atoms with van der Waals surface area (Å²) in [5.74, 6) is -0.847. The Morgan fingerprint density at radius 3 is 2.42 bits per heavy atom. The van der Waals surface area contributed by atoms with Gasteiger partial charge in [-0.25, -0.2) is 18.0 Å². The summed E-state index contributed by atoms with van der Waals surface area (Å²) in [7, 11) is -2.37. The van der Waals surface area contributed by atoms with Gasteiger partial charge in [0.15, 0.2) is 9.84 Å². The molecule has 0 aromatic heterocycles. The second-order valence-electron chi connectivity index (χ2n) is 6.96. The van der Waals surface area contributed by atoms with Crippen LogP contribution in [0.1, 0.15) is 24.1 Å². The topological polar surface area (TPSA) is 111 Å². The number of carbonyl (C=O) groups is 2. The highest BCUT2D eigenvalue weighted by atomic mass is 32.2. The molecule has 31 heavy (non-hydrogen) atoms. The number of hydrogen-bond acceptors (Lipinski definition) is 6. The zero-order valence-corrected chi connectivity index (χ0v) is 18.3. The van der Waals surface area contributed by atoms with Crippen molar-refractivity contribution in [2.75, 3.05) is 19.5 Å². The first-order chi connectivity index (χ1) is 14.8. The Balaban J connectivity index is 2.13. The van der Waals surface area contributed by atoms with Crippen molar-refractivity contribution in [2.24, 2.45) is 0 Å². The molecule has 1 aliphatic rings. The van der Waals surface area contributed by atoms with Crippen LogP contribution >= 0.6 is 0 Å². The van der Waals surface area contributed by atoms with Crippen LogP contribution in [-0.2, 0) is 19.4 Å². The van der Waals surface area contributed by atoms with E-state index in [0.717, 1.165) is 5.56 Å². The lowest BCUT2D eigenvalue weighted by Crippen LogP contribution is -2.47. The second-order valence-corrected chi connectivity index (χ2v) is 8.95. The van der Waals surface area contributed by atoms with Crippen LogP contribution in [0.4, 0.5) is 4.79 Å². The normalized spacial score (nSPS) is 16.4. The zero-order valence-electron chi connectivity index (χ0n) is 17.5. The summed E-state index contributed by atoms with van der Waals surface area (Å²) < 4.78 is 36.6. The van der Waals surface area contributed by atoms with E-state index in [0.29, 0.717) is 11.3 Å². The third-order valence-electron chi connectivity index (χ3n) is 4.81. The maximum Gasteiger partial charge on any atom is 0.338 e. The molecule has 0 unspecified atom stereocenters. The Hall–Kier alpha value is -3.33. The number of aryl methyl sites for hydroxylation is 1. The molecule has 0 radical (unpaired) electrons. The van der Waals surface area contributed by atoms with Gasteiger partial charge in [-0.15, -0.1) is 0 Å². The van der Waals surface area contributed by atoms with Crippen molar-refractivity contribution in [3.05, 3.63) is 70.9 Å². The largest absolute Gasteiger partial charge is 0.496 e. The number of amides is 2. The van der Waals surface area contributed by atoms with Gasteiger partial charge in [-0.2, -0.15) is 0 Å². The van der Waals surface area contributed by atoms with Gasteiger partial charge >= 0.3 is 12.0 Å². The summed E-state index contributed by atoms with van der Waals surface area (Å²) in [6.07, 6.45) is 0. The molecule has 8 nitrogen and oxygen atoms in total. The summed E-state index contributed by atoms with van der Waals surface area (Å²) in [6.45, 7) is 3.59. The van der Waals surface area contributed by atoms with E-state index < -0.39 is 33.6 Å². The van der Waals surface area contributed by atoms with E-state index in [1.54, 1.807) is 43.3 Å². The Morgan fingerprint density at radius 2 is 1.77 bits per heavy atom. The number of urea groups is 1. The number of esters is 1. The molecule has 2 N–H and O–H groups in total. The number of benzene rings is 2. The fourth-order valence-corrected chi connectivity index (χ4v) is 4.66. The molecule has 1 heterocycles. The van der Waals surface area contributed by atoms with Crippen LogP contribution in [0.15, 0.2) is 64.7 Å². The van der Waals surface area contributed by atoms with E-state index in [2.05, 4.69) is 10.6 Å². The number of nitrogens with one attached hydrogen (secondary N) is 2. The number of ether oxygens (including phenoxy) is 2. The molecule has 1 atom stereocenters. The molecule has 2 amide bonds. The minimum Gasteiger partial charge on any atom is -0.496 e. The van der Waals surface area contributed by atoms with E-state index in [1.165, 1.54) is 19.2 Å². The van der Waals surface area contributed by atoms with Gasteiger partial charge in [0.25, 0.3) is 0 Å².